The van der Waals surface area contributed by atoms with Crippen molar-refractivity contribution in [3.63, 3.8) is 0 Å². The van der Waals surface area contributed by atoms with Crippen LogP contribution in [0.15, 0.2) is 18.2 Å². The second kappa shape index (κ2) is 4.98. The van der Waals surface area contributed by atoms with E-state index in [1.165, 1.54) is 42.9 Å². The van der Waals surface area contributed by atoms with Crippen molar-refractivity contribution in [2.45, 2.75) is 26.8 Å². The summed E-state index contributed by atoms with van der Waals surface area (Å²) in [4.78, 5) is 1.74. The highest BCUT2D eigenvalue weighted by molar-refractivity contribution is 5.31. The molecule has 2 rings (SSSR count). The van der Waals surface area contributed by atoms with Gasteiger partial charge in [0.25, 0.3) is 0 Å². The Labute approximate surface area is 98.7 Å². The topological polar surface area (TPSA) is 21.1 Å². The van der Waals surface area contributed by atoms with Gasteiger partial charge in [0, 0.05) is 5.56 Å². The van der Waals surface area contributed by atoms with Gasteiger partial charge in [-0.05, 0) is 26.3 Å². The minimum absolute atomic E-state index is 0.648. The molecule has 3 N–H and O–H groups in total. The van der Waals surface area contributed by atoms with Crippen LogP contribution in [0.25, 0.3) is 0 Å². The summed E-state index contributed by atoms with van der Waals surface area (Å²) < 4.78 is 0. The predicted molar refractivity (Wildman–Crippen MR) is 66.7 cm³/mol. The number of nitrogens with two attached hydrogens (primary N) is 1. The average molecular weight is 220 g/mol. The van der Waals surface area contributed by atoms with Gasteiger partial charge in [-0.3, -0.25) is 0 Å². The van der Waals surface area contributed by atoms with E-state index in [9.17, 15) is 0 Å². The second-order valence-electron chi connectivity index (χ2n) is 5.11. The van der Waals surface area contributed by atoms with Crippen molar-refractivity contribution < 1.29 is 10.2 Å². The van der Waals surface area contributed by atoms with Crippen LogP contribution in [0.5, 0.6) is 0 Å². The lowest BCUT2D eigenvalue weighted by Crippen LogP contribution is -3.20. The van der Waals surface area contributed by atoms with E-state index in [0.717, 1.165) is 0 Å². The summed E-state index contributed by atoms with van der Waals surface area (Å²) in [5.41, 5.74) is 4.35. The fraction of sp³-hybridized carbons (Fsp3) is 0.571. The molecule has 0 spiro atoms. The van der Waals surface area contributed by atoms with E-state index in [1.54, 1.807) is 4.90 Å². The fourth-order valence-electron chi connectivity index (χ4n) is 2.81. The zero-order valence-corrected chi connectivity index (χ0v) is 10.7. The molecule has 1 saturated heterocycles. The molecule has 0 unspecified atom stereocenters. The van der Waals surface area contributed by atoms with Crippen molar-refractivity contribution in [2.24, 2.45) is 0 Å². The Morgan fingerprint density at radius 3 is 2.50 bits per heavy atom. The van der Waals surface area contributed by atoms with Crippen molar-refractivity contribution in [1.82, 2.24) is 0 Å². The SMILES string of the molecule is Cc1ccc([C@H](C)[NH+]2CC[NH2+]CC2)c(C)c1. The zero-order valence-electron chi connectivity index (χ0n) is 10.7. The number of aryl methyl sites for hydroxylation is 2. The number of hydrogen-bond donors (Lipinski definition) is 2. The van der Waals surface area contributed by atoms with Crippen molar-refractivity contribution in [2.75, 3.05) is 26.2 Å². The molecule has 0 aromatic heterocycles. The summed E-state index contributed by atoms with van der Waals surface area (Å²) in [5, 5.41) is 2.43. The van der Waals surface area contributed by atoms with E-state index in [4.69, 9.17) is 0 Å². The van der Waals surface area contributed by atoms with Gasteiger partial charge in [-0.25, -0.2) is 0 Å². The first kappa shape index (κ1) is 11.6. The minimum atomic E-state index is 0.648. The van der Waals surface area contributed by atoms with Crippen molar-refractivity contribution >= 4 is 0 Å². The highest BCUT2D eigenvalue weighted by atomic mass is 15.2. The molecular weight excluding hydrogens is 196 g/mol. The monoisotopic (exact) mass is 220 g/mol. The number of benzene rings is 1. The third-order valence-corrected chi connectivity index (χ3v) is 3.84. The van der Waals surface area contributed by atoms with E-state index >= 15 is 0 Å². The summed E-state index contributed by atoms with van der Waals surface area (Å²) in [6, 6.07) is 7.52. The Kier molecular flexibility index (Phi) is 3.62. The molecular formula is C14H24N2+2. The van der Waals surface area contributed by atoms with Gasteiger partial charge in [0.2, 0.25) is 0 Å². The molecule has 1 aromatic carbocycles. The van der Waals surface area contributed by atoms with Crippen molar-refractivity contribution in [3.05, 3.63) is 34.9 Å². The standard InChI is InChI=1S/C14H22N2/c1-11-4-5-14(12(2)10-11)13(3)16-8-6-15-7-9-16/h4-5,10,13,15H,6-9H2,1-3H3/p+2/t13-/m0/s1. The van der Waals surface area contributed by atoms with E-state index < -0.39 is 0 Å². The third-order valence-electron chi connectivity index (χ3n) is 3.84. The molecule has 0 radical (unpaired) electrons. The first-order valence-electron chi connectivity index (χ1n) is 6.42. The summed E-state index contributed by atoms with van der Waals surface area (Å²) in [5.74, 6) is 0. The van der Waals surface area contributed by atoms with Gasteiger partial charge in [0.1, 0.15) is 32.2 Å². The quantitative estimate of drug-likeness (QED) is 0.690. The van der Waals surface area contributed by atoms with Crippen LogP contribution in [0.1, 0.15) is 29.7 Å². The van der Waals surface area contributed by atoms with Crippen molar-refractivity contribution in [3.8, 4) is 0 Å². The molecule has 2 nitrogen and oxygen atoms in total. The molecule has 2 heteroatoms. The molecule has 0 bridgehead atoms. The first-order valence-corrected chi connectivity index (χ1v) is 6.42. The smallest absolute Gasteiger partial charge is 0.127 e. The highest BCUT2D eigenvalue weighted by Gasteiger charge is 2.24. The number of nitrogens with one attached hydrogen (secondary N) is 1. The normalized spacial score (nSPS) is 19.7. The Hall–Kier alpha value is -0.860. The minimum Gasteiger partial charge on any atom is -0.337 e. The van der Waals surface area contributed by atoms with E-state index in [1.807, 2.05) is 0 Å². The van der Waals surface area contributed by atoms with Gasteiger partial charge < -0.3 is 10.2 Å². The molecule has 1 heterocycles. The van der Waals surface area contributed by atoms with Crippen LogP contribution in [0.4, 0.5) is 0 Å². The average Bonchev–Trinajstić information content (AvgIpc) is 2.29. The Bertz CT molecular complexity index is 354. The molecule has 16 heavy (non-hydrogen) atoms. The van der Waals surface area contributed by atoms with Crippen LogP contribution < -0.4 is 10.2 Å². The second-order valence-corrected chi connectivity index (χ2v) is 5.11. The Morgan fingerprint density at radius 1 is 1.19 bits per heavy atom. The molecule has 0 aliphatic carbocycles. The molecule has 1 atom stereocenters. The van der Waals surface area contributed by atoms with Gasteiger partial charge in [0.15, 0.2) is 0 Å². The highest BCUT2D eigenvalue weighted by Crippen LogP contribution is 2.16. The third kappa shape index (κ3) is 2.45. The van der Waals surface area contributed by atoms with Crippen LogP contribution in [0, 0.1) is 13.8 Å². The maximum Gasteiger partial charge on any atom is 0.127 e. The van der Waals surface area contributed by atoms with E-state index in [2.05, 4.69) is 44.3 Å². The molecule has 1 aromatic rings. The molecule has 1 fully saturated rings. The van der Waals surface area contributed by atoms with Gasteiger partial charge in [-0.1, -0.05) is 23.8 Å². The maximum atomic E-state index is 2.43. The molecule has 1 aliphatic rings. The fourth-order valence-corrected chi connectivity index (χ4v) is 2.81. The Balaban J connectivity index is 2.15. The Morgan fingerprint density at radius 2 is 1.88 bits per heavy atom. The lowest BCUT2D eigenvalue weighted by molar-refractivity contribution is -0.970. The number of rotatable bonds is 2. The van der Waals surface area contributed by atoms with Crippen LogP contribution in [-0.2, 0) is 0 Å². The summed E-state index contributed by atoms with van der Waals surface area (Å²) in [6.07, 6.45) is 0. The largest absolute Gasteiger partial charge is 0.337 e. The van der Waals surface area contributed by atoms with Crippen LogP contribution in [0.3, 0.4) is 0 Å². The van der Waals surface area contributed by atoms with E-state index in [0.29, 0.717) is 6.04 Å². The van der Waals surface area contributed by atoms with Crippen LogP contribution in [0.2, 0.25) is 0 Å². The van der Waals surface area contributed by atoms with E-state index in [-0.39, 0.29) is 0 Å². The van der Waals surface area contributed by atoms with Crippen LogP contribution >= 0.6 is 0 Å². The first-order chi connectivity index (χ1) is 7.68. The summed E-state index contributed by atoms with van der Waals surface area (Å²) in [7, 11) is 0. The predicted octanol–water partition coefficient (Wildman–Crippen LogP) is -0.174. The molecule has 0 saturated carbocycles. The number of piperazine rings is 1. The van der Waals surface area contributed by atoms with Gasteiger partial charge in [0.05, 0.1) is 0 Å². The summed E-state index contributed by atoms with van der Waals surface area (Å²) in [6.45, 7) is 12.0. The lowest BCUT2D eigenvalue weighted by Gasteiger charge is -2.29. The van der Waals surface area contributed by atoms with Crippen molar-refractivity contribution in [1.29, 1.82) is 0 Å². The lowest BCUT2D eigenvalue weighted by atomic mass is 9.99. The van der Waals surface area contributed by atoms with Gasteiger partial charge in [-0.15, -0.1) is 0 Å². The van der Waals surface area contributed by atoms with Gasteiger partial charge >= 0.3 is 0 Å². The summed E-state index contributed by atoms with van der Waals surface area (Å²) >= 11 is 0. The number of hydrogen-bond acceptors (Lipinski definition) is 0. The number of quaternary nitrogens is 2. The maximum absolute atomic E-state index is 2.43. The van der Waals surface area contributed by atoms with Gasteiger partial charge in [-0.2, -0.15) is 0 Å². The van der Waals surface area contributed by atoms with Crippen LogP contribution in [-0.4, -0.2) is 26.2 Å². The zero-order chi connectivity index (χ0) is 11.5. The molecule has 1 aliphatic heterocycles. The molecule has 0 amide bonds. The molecule has 88 valence electrons.